The van der Waals surface area contributed by atoms with E-state index in [1.807, 2.05) is 31.3 Å². The van der Waals surface area contributed by atoms with E-state index in [-0.39, 0.29) is 12.1 Å². The lowest BCUT2D eigenvalue weighted by Crippen LogP contribution is -2.54. The molecule has 0 radical (unpaired) electrons. The number of nitrogens with one attached hydrogen (secondary N) is 2. The molecule has 0 aliphatic carbocycles. The quantitative estimate of drug-likeness (QED) is 0.547. The predicted octanol–water partition coefficient (Wildman–Crippen LogP) is 1.94. The number of hydrogen-bond donors (Lipinski definition) is 2. The summed E-state index contributed by atoms with van der Waals surface area (Å²) < 4.78 is 5.03. The molecule has 1 saturated heterocycles. The van der Waals surface area contributed by atoms with Gasteiger partial charge in [-0.1, -0.05) is 19.9 Å². The molecule has 8 heteroatoms. The van der Waals surface area contributed by atoms with Crippen LogP contribution in [0.4, 0.5) is 10.6 Å². The van der Waals surface area contributed by atoms with Crippen LogP contribution in [0.1, 0.15) is 27.2 Å². The third kappa shape index (κ3) is 6.90. The van der Waals surface area contributed by atoms with E-state index in [9.17, 15) is 4.79 Å². The Bertz CT molecular complexity index is 614. The van der Waals surface area contributed by atoms with E-state index in [1.54, 1.807) is 7.05 Å². The van der Waals surface area contributed by atoms with Crippen molar-refractivity contribution in [2.24, 2.45) is 10.9 Å². The van der Waals surface area contributed by atoms with Crippen LogP contribution in [0.25, 0.3) is 0 Å². The molecule has 2 heterocycles. The van der Waals surface area contributed by atoms with Crippen molar-refractivity contribution in [3.8, 4) is 0 Å². The number of anilines is 1. The lowest BCUT2D eigenvalue weighted by Gasteiger charge is -2.37. The smallest absolute Gasteiger partial charge is 0.407 e. The SMILES string of the molecule is CCOC(=O)NC(CNC(=NC)N1CCN(c2ccccn2)CC1)CC(C)C. The van der Waals surface area contributed by atoms with Crippen molar-refractivity contribution < 1.29 is 9.53 Å². The minimum absolute atomic E-state index is 0.00870. The molecule has 1 aromatic rings. The molecule has 28 heavy (non-hydrogen) atoms. The molecule has 1 fully saturated rings. The van der Waals surface area contributed by atoms with Crippen molar-refractivity contribution in [1.82, 2.24) is 20.5 Å². The number of nitrogens with zero attached hydrogens (tertiary/aromatic N) is 4. The molecule has 1 aliphatic heterocycles. The third-order valence-corrected chi connectivity index (χ3v) is 4.62. The largest absolute Gasteiger partial charge is 0.450 e. The Balaban J connectivity index is 1.86. The van der Waals surface area contributed by atoms with Gasteiger partial charge in [-0.05, 0) is 31.4 Å². The summed E-state index contributed by atoms with van der Waals surface area (Å²) in [4.78, 5) is 25.2. The maximum absolute atomic E-state index is 11.8. The van der Waals surface area contributed by atoms with Crippen LogP contribution in [0.3, 0.4) is 0 Å². The van der Waals surface area contributed by atoms with Crippen molar-refractivity contribution in [1.29, 1.82) is 0 Å². The number of guanidine groups is 1. The number of aliphatic imine (C=N–C) groups is 1. The van der Waals surface area contributed by atoms with Gasteiger partial charge in [0.25, 0.3) is 0 Å². The van der Waals surface area contributed by atoms with Gasteiger partial charge in [-0.3, -0.25) is 4.99 Å². The van der Waals surface area contributed by atoms with E-state index in [1.165, 1.54) is 0 Å². The second-order valence-corrected chi connectivity index (χ2v) is 7.28. The minimum Gasteiger partial charge on any atom is -0.450 e. The van der Waals surface area contributed by atoms with Crippen LogP contribution in [-0.2, 0) is 4.74 Å². The van der Waals surface area contributed by atoms with Crippen molar-refractivity contribution in [3.63, 3.8) is 0 Å². The van der Waals surface area contributed by atoms with Crippen LogP contribution in [0.5, 0.6) is 0 Å². The summed E-state index contributed by atoms with van der Waals surface area (Å²) >= 11 is 0. The zero-order valence-corrected chi connectivity index (χ0v) is 17.5. The van der Waals surface area contributed by atoms with Crippen molar-refractivity contribution in [3.05, 3.63) is 24.4 Å². The van der Waals surface area contributed by atoms with E-state index in [0.717, 1.165) is 44.4 Å². The van der Waals surface area contributed by atoms with E-state index < -0.39 is 0 Å². The first-order valence-corrected chi connectivity index (χ1v) is 10.1. The lowest BCUT2D eigenvalue weighted by atomic mass is 10.0. The summed E-state index contributed by atoms with van der Waals surface area (Å²) in [5.41, 5.74) is 0. The number of hydrogen-bond acceptors (Lipinski definition) is 5. The average molecular weight is 391 g/mol. The molecule has 1 atom stereocenters. The molecule has 8 nitrogen and oxygen atoms in total. The summed E-state index contributed by atoms with van der Waals surface area (Å²) in [5.74, 6) is 2.35. The lowest BCUT2D eigenvalue weighted by molar-refractivity contribution is 0.146. The van der Waals surface area contributed by atoms with Gasteiger partial charge in [-0.2, -0.15) is 0 Å². The summed E-state index contributed by atoms with van der Waals surface area (Å²) in [6.07, 6.45) is 2.33. The van der Waals surface area contributed by atoms with Gasteiger partial charge in [0.2, 0.25) is 0 Å². The van der Waals surface area contributed by atoms with Gasteiger partial charge < -0.3 is 25.2 Å². The highest BCUT2D eigenvalue weighted by molar-refractivity contribution is 5.80. The molecule has 1 unspecified atom stereocenters. The summed E-state index contributed by atoms with van der Waals surface area (Å²) in [6, 6.07) is 5.98. The Labute approximate surface area is 168 Å². The second kappa shape index (κ2) is 11.4. The van der Waals surface area contributed by atoms with Crippen LogP contribution in [0.15, 0.2) is 29.4 Å². The Morgan fingerprint density at radius 1 is 1.29 bits per heavy atom. The fraction of sp³-hybridized carbons (Fsp3) is 0.650. The van der Waals surface area contributed by atoms with Crippen molar-refractivity contribution in [2.45, 2.75) is 33.2 Å². The molecule has 1 aromatic heterocycles. The molecule has 0 bridgehead atoms. The maximum Gasteiger partial charge on any atom is 0.407 e. The van der Waals surface area contributed by atoms with Crippen molar-refractivity contribution >= 4 is 17.9 Å². The first kappa shape index (κ1) is 21.8. The number of piperazine rings is 1. The van der Waals surface area contributed by atoms with Gasteiger partial charge in [0.15, 0.2) is 5.96 Å². The van der Waals surface area contributed by atoms with E-state index in [4.69, 9.17) is 4.74 Å². The number of alkyl carbamates (subject to hydrolysis) is 1. The minimum atomic E-state index is -0.367. The summed E-state index contributed by atoms with van der Waals surface area (Å²) in [6.45, 7) is 10.6. The third-order valence-electron chi connectivity index (χ3n) is 4.62. The molecule has 1 aliphatic rings. The highest BCUT2D eigenvalue weighted by atomic mass is 16.5. The average Bonchev–Trinajstić information content (AvgIpc) is 2.69. The Hall–Kier alpha value is -2.51. The van der Waals surface area contributed by atoms with Crippen LogP contribution in [0.2, 0.25) is 0 Å². The molecular formula is C20H34N6O2. The topological polar surface area (TPSA) is 82.1 Å². The van der Waals surface area contributed by atoms with E-state index in [2.05, 4.69) is 44.3 Å². The molecule has 156 valence electrons. The zero-order valence-electron chi connectivity index (χ0n) is 17.5. The van der Waals surface area contributed by atoms with Gasteiger partial charge in [-0.15, -0.1) is 0 Å². The van der Waals surface area contributed by atoms with Crippen LogP contribution in [0, 0.1) is 5.92 Å². The number of pyridine rings is 1. The monoisotopic (exact) mass is 390 g/mol. The highest BCUT2D eigenvalue weighted by Gasteiger charge is 2.22. The fourth-order valence-corrected chi connectivity index (χ4v) is 3.34. The summed E-state index contributed by atoms with van der Waals surface area (Å²) in [5, 5.41) is 6.36. The zero-order chi connectivity index (χ0) is 20.4. The van der Waals surface area contributed by atoms with Gasteiger partial charge in [0.1, 0.15) is 5.82 Å². The fourth-order valence-electron chi connectivity index (χ4n) is 3.34. The molecular weight excluding hydrogens is 356 g/mol. The Morgan fingerprint density at radius 2 is 2.04 bits per heavy atom. The number of carbonyl (C=O) groups excluding carboxylic acids is 1. The van der Waals surface area contributed by atoms with Crippen molar-refractivity contribution in [2.75, 3.05) is 51.3 Å². The number of carbonyl (C=O) groups is 1. The number of rotatable bonds is 7. The Kier molecular flexibility index (Phi) is 8.84. The van der Waals surface area contributed by atoms with Gasteiger partial charge in [0, 0.05) is 52.0 Å². The summed E-state index contributed by atoms with van der Waals surface area (Å²) in [7, 11) is 1.80. The predicted molar refractivity (Wildman–Crippen MR) is 113 cm³/mol. The van der Waals surface area contributed by atoms with Crippen LogP contribution in [-0.4, -0.2) is 74.4 Å². The number of ether oxygens (including phenoxy) is 1. The Morgan fingerprint density at radius 3 is 2.61 bits per heavy atom. The number of aromatic nitrogens is 1. The molecule has 0 spiro atoms. The molecule has 2 rings (SSSR count). The van der Waals surface area contributed by atoms with Crippen LogP contribution < -0.4 is 15.5 Å². The second-order valence-electron chi connectivity index (χ2n) is 7.28. The van der Waals surface area contributed by atoms with Gasteiger partial charge in [-0.25, -0.2) is 9.78 Å². The standard InChI is InChI=1S/C20H34N6O2/c1-5-28-20(27)24-17(14-16(2)3)15-23-19(21-4)26-12-10-25(11-13-26)18-8-6-7-9-22-18/h6-9,16-17H,5,10-15H2,1-4H3,(H,21,23)(H,24,27). The molecule has 2 N–H and O–H groups in total. The van der Waals surface area contributed by atoms with Gasteiger partial charge >= 0.3 is 6.09 Å². The van der Waals surface area contributed by atoms with E-state index in [0.29, 0.717) is 19.1 Å². The molecule has 0 saturated carbocycles. The highest BCUT2D eigenvalue weighted by Crippen LogP contribution is 2.12. The maximum atomic E-state index is 11.8. The number of amides is 1. The van der Waals surface area contributed by atoms with Gasteiger partial charge in [0.05, 0.1) is 6.61 Å². The normalized spacial score (nSPS) is 16.1. The van der Waals surface area contributed by atoms with Crippen LogP contribution >= 0.6 is 0 Å². The first-order chi connectivity index (χ1) is 13.5. The van der Waals surface area contributed by atoms with E-state index >= 15 is 0 Å². The molecule has 0 aromatic carbocycles. The molecule has 1 amide bonds. The first-order valence-electron chi connectivity index (χ1n) is 10.1.